The third-order valence-corrected chi connectivity index (χ3v) is 4.95. The van der Waals surface area contributed by atoms with Crippen LogP contribution in [0.2, 0.25) is 0 Å². The zero-order valence-electron chi connectivity index (χ0n) is 15.7. The van der Waals surface area contributed by atoms with Crippen molar-refractivity contribution in [1.82, 2.24) is 20.3 Å². The minimum atomic E-state index is -0.364. The third kappa shape index (κ3) is 3.19. The number of hydrogen-bond donors (Lipinski definition) is 2. The Morgan fingerprint density at radius 3 is 2.82 bits per heavy atom. The largest absolute Gasteiger partial charge is 0.368 e. The molecule has 1 aliphatic heterocycles. The number of carbonyl (C=O) groups is 1. The van der Waals surface area contributed by atoms with Crippen molar-refractivity contribution in [2.24, 2.45) is 0 Å². The van der Waals surface area contributed by atoms with Crippen molar-refractivity contribution in [1.29, 1.82) is 0 Å². The Hall–Kier alpha value is -3.35. The van der Waals surface area contributed by atoms with Crippen LogP contribution in [-0.2, 0) is 12.8 Å². The van der Waals surface area contributed by atoms with Gasteiger partial charge in [-0.25, -0.2) is 14.4 Å². The monoisotopic (exact) mass is 377 g/mol. The van der Waals surface area contributed by atoms with Gasteiger partial charge in [0.25, 0.3) is 5.91 Å². The summed E-state index contributed by atoms with van der Waals surface area (Å²) >= 11 is 0. The van der Waals surface area contributed by atoms with Crippen LogP contribution in [-0.4, -0.2) is 20.9 Å². The summed E-state index contributed by atoms with van der Waals surface area (Å²) in [6, 6.07) is 9.86. The second-order valence-corrected chi connectivity index (χ2v) is 6.82. The van der Waals surface area contributed by atoms with Crippen LogP contribution in [0, 0.1) is 12.7 Å². The first-order valence-electron chi connectivity index (χ1n) is 9.16. The van der Waals surface area contributed by atoms with Crippen molar-refractivity contribution < 1.29 is 9.18 Å². The Morgan fingerprint density at radius 2 is 2.04 bits per heavy atom. The van der Waals surface area contributed by atoms with Crippen LogP contribution in [0.1, 0.15) is 46.0 Å². The molecule has 2 aromatic heterocycles. The highest BCUT2D eigenvalue weighted by Crippen LogP contribution is 2.33. The average molecular weight is 377 g/mol. The molecule has 0 saturated carbocycles. The van der Waals surface area contributed by atoms with Crippen LogP contribution < -0.4 is 11.1 Å². The van der Waals surface area contributed by atoms with E-state index in [1.54, 1.807) is 13.0 Å². The quantitative estimate of drug-likeness (QED) is 0.731. The Morgan fingerprint density at radius 1 is 1.21 bits per heavy atom. The van der Waals surface area contributed by atoms with Gasteiger partial charge in [0.1, 0.15) is 5.82 Å². The van der Waals surface area contributed by atoms with Gasteiger partial charge in [0, 0.05) is 17.7 Å². The lowest BCUT2D eigenvalue weighted by atomic mass is 9.90. The summed E-state index contributed by atoms with van der Waals surface area (Å²) in [6.07, 6.45) is 1.22. The Balaban J connectivity index is 1.81. The molecule has 1 aliphatic rings. The van der Waals surface area contributed by atoms with E-state index in [1.807, 2.05) is 25.1 Å². The number of aromatic nitrogens is 3. The van der Waals surface area contributed by atoms with E-state index in [0.29, 0.717) is 34.6 Å². The second-order valence-electron chi connectivity index (χ2n) is 6.82. The number of nitrogen functional groups attached to an aromatic ring is 1. The fourth-order valence-corrected chi connectivity index (χ4v) is 3.64. The second kappa shape index (κ2) is 6.99. The minimum absolute atomic E-state index is 0.140. The Kier molecular flexibility index (Phi) is 4.50. The van der Waals surface area contributed by atoms with Gasteiger partial charge in [0.05, 0.1) is 28.7 Å². The van der Waals surface area contributed by atoms with Crippen LogP contribution >= 0.6 is 0 Å². The number of benzene rings is 1. The number of carbonyl (C=O) groups excluding carboxylic acids is 1. The summed E-state index contributed by atoms with van der Waals surface area (Å²) in [7, 11) is 0. The number of halogens is 1. The molecule has 1 atom stereocenters. The number of aryl methyl sites for hydroxylation is 2. The molecule has 7 heteroatoms. The van der Waals surface area contributed by atoms with Crippen molar-refractivity contribution in [2.45, 2.75) is 32.7 Å². The van der Waals surface area contributed by atoms with E-state index in [1.165, 1.54) is 12.1 Å². The molecule has 0 aliphatic carbocycles. The lowest BCUT2D eigenvalue weighted by Gasteiger charge is -2.27. The maximum absolute atomic E-state index is 14.1. The summed E-state index contributed by atoms with van der Waals surface area (Å²) < 4.78 is 14.1. The van der Waals surface area contributed by atoms with Crippen LogP contribution in [0.15, 0.2) is 36.4 Å². The number of anilines is 1. The number of pyridine rings is 1. The van der Waals surface area contributed by atoms with Crippen molar-refractivity contribution in [3.8, 4) is 11.3 Å². The third-order valence-electron chi connectivity index (χ3n) is 4.95. The summed E-state index contributed by atoms with van der Waals surface area (Å²) in [6.45, 7) is 3.75. The maximum Gasteiger partial charge on any atom is 0.255 e. The van der Waals surface area contributed by atoms with Gasteiger partial charge in [-0.3, -0.25) is 9.78 Å². The molecule has 0 spiro atoms. The van der Waals surface area contributed by atoms with Gasteiger partial charge in [-0.1, -0.05) is 19.1 Å². The van der Waals surface area contributed by atoms with Crippen LogP contribution in [0.25, 0.3) is 11.3 Å². The molecule has 3 N–H and O–H groups in total. The first kappa shape index (κ1) is 18.0. The summed E-state index contributed by atoms with van der Waals surface area (Å²) in [5.74, 6) is -0.469. The highest BCUT2D eigenvalue weighted by molar-refractivity contribution is 5.98. The minimum Gasteiger partial charge on any atom is -0.368 e. The van der Waals surface area contributed by atoms with Gasteiger partial charge < -0.3 is 11.1 Å². The molecule has 3 aromatic rings. The summed E-state index contributed by atoms with van der Waals surface area (Å²) in [4.78, 5) is 25.7. The molecule has 1 amide bonds. The number of fused-ring (bicyclic) bond motifs is 1. The van der Waals surface area contributed by atoms with E-state index in [2.05, 4.69) is 20.3 Å². The fraction of sp³-hybridized carbons (Fsp3) is 0.238. The van der Waals surface area contributed by atoms with E-state index in [-0.39, 0.29) is 23.7 Å². The summed E-state index contributed by atoms with van der Waals surface area (Å²) in [5.41, 5.74) is 10.4. The maximum atomic E-state index is 14.1. The fourth-order valence-electron chi connectivity index (χ4n) is 3.64. The molecule has 1 aromatic carbocycles. The first-order valence-corrected chi connectivity index (χ1v) is 9.16. The summed E-state index contributed by atoms with van der Waals surface area (Å²) in [5, 5.41) is 3.00. The lowest BCUT2D eigenvalue weighted by molar-refractivity contribution is 0.0922. The van der Waals surface area contributed by atoms with E-state index in [4.69, 9.17) is 5.73 Å². The predicted octanol–water partition coefficient (Wildman–Crippen LogP) is 3.16. The van der Waals surface area contributed by atoms with Crippen molar-refractivity contribution in [3.63, 3.8) is 0 Å². The molecular weight excluding hydrogens is 357 g/mol. The van der Waals surface area contributed by atoms with Crippen molar-refractivity contribution in [2.75, 3.05) is 5.73 Å². The van der Waals surface area contributed by atoms with Crippen LogP contribution in [0.3, 0.4) is 0 Å². The standard InChI is InChI=1S/C21H20FN5O/c1-3-13-5-4-6-16(25-13)15-9-12(22)7-8-14(15)17-10-18-19(20(28)26-17)11(2)24-21(23)27-18/h4-9,17H,3,10H2,1-2H3,(H,26,28)(H2,23,24,27)/t17-/m1/s1. The topological polar surface area (TPSA) is 93.8 Å². The van der Waals surface area contributed by atoms with Gasteiger partial charge in [0.15, 0.2) is 0 Å². The average Bonchev–Trinajstić information content (AvgIpc) is 2.67. The predicted molar refractivity (Wildman–Crippen MR) is 104 cm³/mol. The molecule has 3 heterocycles. The van der Waals surface area contributed by atoms with Crippen molar-refractivity contribution >= 4 is 11.9 Å². The zero-order chi connectivity index (χ0) is 19.8. The zero-order valence-corrected chi connectivity index (χ0v) is 15.7. The van der Waals surface area contributed by atoms with E-state index in [9.17, 15) is 9.18 Å². The number of nitrogens with one attached hydrogen (secondary N) is 1. The number of nitrogens with two attached hydrogens (primary N) is 1. The Labute approximate surface area is 162 Å². The van der Waals surface area contributed by atoms with Gasteiger partial charge in [0.2, 0.25) is 5.95 Å². The first-order chi connectivity index (χ1) is 13.5. The number of hydrogen-bond acceptors (Lipinski definition) is 5. The van der Waals surface area contributed by atoms with Gasteiger partial charge in [-0.05, 0) is 43.2 Å². The highest BCUT2D eigenvalue weighted by Gasteiger charge is 2.30. The molecule has 0 bridgehead atoms. The van der Waals surface area contributed by atoms with Crippen LogP contribution in [0.5, 0.6) is 0 Å². The van der Waals surface area contributed by atoms with E-state index < -0.39 is 0 Å². The number of rotatable bonds is 3. The molecule has 6 nitrogen and oxygen atoms in total. The van der Waals surface area contributed by atoms with Gasteiger partial charge in [-0.15, -0.1) is 0 Å². The van der Waals surface area contributed by atoms with Crippen molar-refractivity contribution in [3.05, 3.63) is 70.4 Å². The molecule has 4 rings (SSSR count). The van der Waals surface area contributed by atoms with E-state index in [0.717, 1.165) is 17.7 Å². The molecule has 0 radical (unpaired) electrons. The SMILES string of the molecule is CCc1cccc(-c2cc(F)ccc2[C@H]2Cc3nc(N)nc(C)c3C(=O)N2)n1. The molecule has 0 saturated heterocycles. The molecule has 28 heavy (non-hydrogen) atoms. The lowest BCUT2D eigenvalue weighted by Crippen LogP contribution is -2.37. The van der Waals surface area contributed by atoms with Gasteiger partial charge in [-0.2, -0.15) is 0 Å². The normalized spacial score (nSPS) is 15.8. The van der Waals surface area contributed by atoms with E-state index >= 15 is 0 Å². The molecular formula is C21H20FN5O. The molecule has 142 valence electrons. The molecule has 0 unspecified atom stereocenters. The Bertz CT molecular complexity index is 1080. The number of amides is 1. The highest BCUT2D eigenvalue weighted by atomic mass is 19.1. The van der Waals surface area contributed by atoms with Gasteiger partial charge >= 0.3 is 0 Å². The number of nitrogens with zero attached hydrogens (tertiary/aromatic N) is 3. The van der Waals surface area contributed by atoms with Crippen LogP contribution in [0.4, 0.5) is 10.3 Å². The smallest absolute Gasteiger partial charge is 0.255 e. The molecule has 0 fully saturated rings.